The molecule has 0 saturated carbocycles. The quantitative estimate of drug-likeness (QED) is 0.199. The van der Waals surface area contributed by atoms with Crippen LogP contribution in [0.15, 0.2) is 18.5 Å². The number of rotatable bonds is 8. The molecule has 182 valence electrons. The normalized spacial score (nSPS) is 29.4. The lowest BCUT2D eigenvalue weighted by molar-refractivity contribution is -0.0447. The van der Waals surface area contributed by atoms with Crippen molar-refractivity contribution in [1.82, 2.24) is 14.6 Å². The van der Waals surface area contributed by atoms with Crippen LogP contribution < -0.4 is 5.73 Å². The summed E-state index contributed by atoms with van der Waals surface area (Å²) in [4.78, 5) is 39.8. The summed E-state index contributed by atoms with van der Waals surface area (Å²) < 4.78 is 48.3. The monoisotopic (exact) mass is 547 g/mol. The Morgan fingerprint density at radius 3 is 2.52 bits per heavy atom. The van der Waals surface area contributed by atoms with E-state index in [0.717, 1.165) is 10.8 Å². The molecule has 1 aliphatic heterocycles. The van der Waals surface area contributed by atoms with Gasteiger partial charge in [-0.25, -0.2) is 23.2 Å². The average Bonchev–Trinajstić information content (AvgIpc) is 3.20. The molecule has 2 unspecified atom stereocenters. The van der Waals surface area contributed by atoms with E-state index in [9.17, 15) is 39.0 Å². The molecule has 1 fully saturated rings. The molecule has 21 heteroatoms. The zero-order valence-electron chi connectivity index (χ0n) is 15.9. The summed E-state index contributed by atoms with van der Waals surface area (Å²) in [5.41, 5.74) is 3.77. The first kappa shape index (κ1) is 26.2. The summed E-state index contributed by atoms with van der Waals surface area (Å²) >= 11 is -0.0851. The van der Waals surface area contributed by atoms with Crippen LogP contribution in [0.2, 0.25) is 0 Å². The molecule has 0 spiro atoms. The van der Waals surface area contributed by atoms with Crippen molar-refractivity contribution in [3.63, 3.8) is 0 Å². The second-order valence-corrected chi connectivity index (χ2v) is 13.4. The summed E-state index contributed by atoms with van der Waals surface area (Å²) in [6.07, 6.45) is -4.06. The lowest BCUT2D eigenvalue weighted by Gasteiger charge is -2.24. The van der Waals surface area contributed by atoms with Gasteiger partial charge in [-0.15, -0.1) is 0 Å². The topological polar surface area (TPSA) is 280 Å². The summed E-state index contributed by atoms with van der Waals surface area (Å²) in [7, 11) is -11.2. The molecule has 0 radical (unpaired) electrons. The fourth-order valence-electron chi connectivity index (χ4n) is 3.02. The third kappa shape index (κ3) is 5.47. The molecule has 0 amide bonds. The van der Waals surface area contributed by atoms with E-state index in [-0.39, 0.29) is 28.4 Å². The Kier molecular flexibility index (Phi) is 7.14. The predicted molar refractivity (Wildman–Crippen MR) is 108 cm³/mol. The average molecular weight is 547 g/mol. The molecular weight excluding hydrogens is 531 g/mol. The van der Waals surface area contributed by atoms with Gasteiger partial charge in [-0.2, -0.15) is 19.0 Å². The van der Waals surface area contributed by atoms with Gasteiger partial charge in [-0.1, -0.05) is 0 Å². The van der Waals surface area contributed by atoms with Crippen LogP contribution in [-0.2, 0) is 32.7 Å². The van der Waals surface area contributed by atoms with Crippen molar-refractivity contribution < 1.29 is 56.8 Å². The van der Waals surface area contributed by atoms with Crippen molar-refractivity contribution in [2.75, 3.05) is 11.5 Å². The fraction of sp³-hybridized carbons (Fsp3) is 0.417. The summed E-state index contributed by atoms with van der Waals surface area (Å²) in [5, 5.41) is 34.7. The number of ether oxygens (including phenoxy) is 1. The van der Waals surface area contributed by atoms with E-state index >= 15 is 0 Å². The van der Waals surface area contributed by atoms with Gasteiger partial charge in [0.05, 0.1) is 11.8 Å². The second-order valence-electron chi connectivity index (χ2n) is 6.49. The van der Waals surface area contributed by atoms with Crippen LogP contribution in [-0.4, -0.2) is 68.4 Å². The largest absolute Gasteiger partial charge is 0.488 e. The van der Waals surface area contributed by atoms with Gasteiger partial charge in [0.25, 0.3) is 0 Å². The van der Waals surface area contributed by atoms with Crippen LogP contribution in [0.5, 0.6) is 0 Å². The first-order chi connectivity index (χ1) is 15.1. The maximum atomic E-state index is 12.1. The maximum absolute atomic E-state index is 12.1. The van der Waals surface area contributed by atoms with E-state index in [1.165, 1.54) is 12.1 Å². The lowest BCUT2D eigenvalue weighted by atomic mass is 9.93. The van der Waals surface area contributed by atoms with Crippen LogP contribution in [0.1, 0.15) is 5.69 Å². The van der Waals surface area contributed by atoms with Crippen LogP contribution >= 0.6 is 33.8 Å². The van der Waals surface area contributed by atoms with Crippen molar-refractivity contribution in [2.24, 2.45) is 0 Å². The molecular formula is C12H16N5O12P3S. The highest BCUT2D eigenvalue weighted by atomic mass is 32.7. The summed E-state index contributed by atoms with van der Waals surface area (Å²) in [6, 6.07) is 4.52. The molecule has 8 N–H and O–H groups in total. The Morgan fingerprint density at radius 1 is 1.24 bits per heavy atom. The van der Waals surface area contributed by atoms with Gasteiger partial charge in [0, 0.05) is 5.75 Å². The Balaban J connectivity index is 1.80. The number of aliphatic hydroxyl groups is 2. The van der Waals surface area contributed by atoms with Gasteiger partial charge in [0.2, 0.25) is 5.60 Å². The highest BCUT2D eigenvalue weighted by Crippen LogP contribution is 2.70. The second kappa shape index (κ2) is 8.99. The fourth-order valence-corrected chi connectivity index (χ4v) is 8.50. The molecule has 3 heterocycles. The number of nitrogens with zero attached hydrogens (tertiary/aromatic N) is 4. The molecule has 0 aromatic carbocycles. The number of hydrogen-bond acceptors (Lipinski definition) is 13. The number of anilines is 1. The Hall–Kier alpha value is -1.41. The lowest BCUT2D eigenvalue weighted by Crippen LogP contribution is -2.40. The molecule has 0 aliphatic carbocycles. The number of nitriles is 1. The Bertz CT molecular complexity index is 1250. The van der Waals surface area contributed by atoms with Crippen LogP contribution in [0.25, 0.3) is 5.52 Å². The highest BCUT2D eigenvalue weighted by molar-refractivity contribution is 8.55. The highest BCUT2D eigenvalue weighted by Gasteiger charge is 2.58. The van der Waals surface area contributed by atoms with E-state index < -0.39 is 52.1 Å². The summed E-state index contributed by atoms with van der Waals surface area (Å²) in [5.74, 6) is -0.625. The van der Waals surface area contributed by atoms with Crippen LogP contribution in [0, 0.1) is 11.3 Å². The SMILES string of the molecule is N#C[C@@]1(c2ccc3c(N)ncnn23)O[C@H](CSP(=O)(O)OP(=O)(O)OP(=O)(O)O)[C@@H](O)[C@H]1O. The van der Waals surface area contributed by atoms with Gasteiger partial charge in [0.15, 0.2) is 5.82 Å². The number of aromatic nitrogens is 3. The van der Waals surface area contributed by atoms with Gasteiger partial charge >= 0.3 is 22.4 Å². The number of nitrogens with two attached hydrogens (primary N) is 1. The van der Waals surface area contributed by atoms with Crippen molar-refractivity contribution >= 4 is 45.2 Å². The van der Waals surface area contributed by atoms with E-state index in [4.69, 9.17) is 20.3 Å². The zero-order chi connectivity index (χ0) is 24.8. The minimum absolute atomic E-state index is 0.0357. The van der Waals surface area contributed by atoms with Crippen molar-refractivity contribution in [1.29, 1.82) is 5.26 Å². The maximum Gasteiger partial charge on any atom is 0.488 e. The molecule has 1 aliphatic rings. The van der Waals surface area contributed by atoms with Crippen LogP contribution in [0.3, 0.4) is 0 Å². The van der Waals surface area contributed by atoms with Crippen LogP contribution in [0.4, 0.5) is 5.82 Å². The Labute approximate surface area is 187 Å². The van der Waals surface area contributed by atoms with E-state index in [1.807, 2.05) is 0 Å². The van der Waals surface area contributed by atoms with Gasteiger partial charge < -0.3 is 40.3 Å². The number of aliphatic hydroxyl groups excluding tert-OH is 2. The van der Waals surface area contributed by atoms with Gasteiger partial charge in [-0.05, 0) is 23.5 Å². The zero-order valence-corrected chi connectivity index (χ0v) is 19.4. The van der Waals surface area contributed by atoms with Crippen molar-refractivity contribution in [3.8, 4) is 6.07 Å². The smallest absolute Gasteiger partial charge is 0.387 e. The van der Waals surface area contributed by atoms with Crippen molar-refractivity contribution in [2.45, 2.75) is 23.9 Å². The third-order valence-electron chi connectivity index (χ3n) is 4.30. The number of fused-ring (bicyclic) bond motifs is 1. The minimum Gasteiger partial charge on any atom is -0.387 e. The molecule has 33 heavy (non-hydrogen) atoms. The molecule has 2 aromatic rings. The molecule has 3 rings (SSSR count). The first-order valence-corrected chi connectivity index (χ1v) is 14.6. The summed E-state index contributed by atoms with van der Waals surface area (Å²) in [6.45, 7) is -5.12. The Morgan fingerprint density at radius 2 is 1.91 bits per heavy atom. The molecule has 0 bridgehead atoms. The molecule has 6 atom stereocenters. The van der Waals surface area contributed by atoms with Gasteiger partial charge in [-0.3, -0.25) is 0 Å². The molecule has 1 saturated heterocycles. The third-order valence-corrected chi connectivity index (χ3v) is 10.5. The number of phosphoric acid groups is 2. The minimum atomic E-state index is -5.66. The first-order valence-electron chi connectivity index (χ1n) is 8.43. The number of nitrogen functional groups attached to an aromatic ring is 1. The number of hydrogen-bond donors (Lipinski definition) is 7. The van der Waals surface area contributed by atoms with E-state index in [1.54, 1.807) is 6.07 Å². The standard InChI is InChI=1S/C12H16N5O12P3S/c13-4-12(8-2-1-6-11(14)15-5-16-17(6)8)10(19)9(18)7(27-12)3-33-32(25,26)29-31(23,24)28-30(20,21)22/h1-2,5,7,9-10,18-19H,3H2,(H,23,24)(H,25,26)(H2,14,15,16)(H2,20,21,22)/t7-,9-,10-,12+/m1/s1. The van der Waals surface area contributed by atoms with E-state index in [0.29, 0.717) is 0 Å². The van der Waals surface area contributed by atoms with E-state index in [2.05, 4.69) is 18.7 Å². The van der Waals surface area contributed by atoms with Gasteiger partial charge in [0.1, 0.15) is 30.1 Å². The molecule has 2 aromatic heterocycles. The predicted octanol–water partition coefficient (Wildman–Crippen LogP) is -0.789. The molecule has 17 nitrogen and oxygen atoms in total. The van der Waals surface area contributed by atoms with Crippen molar-refractivity contribution in [3.05, 3.63) is 24.2 Å².